The highest BCUT2D eigenvalue weighted by molar-refractivity contribution is 6.01. The number of methoxy groups -OCH3 is 2. The molecule has 1 unspecified atom stereocenters. The maximum absolute atomic E-state index is 12.7. The first-order valence-corrected chi connectivity index (χ1v) is 7.74. The van der Waals surface area contributed by atoms with Gasteiger partial charge in [0.2, 0.25) is 11.8 Å². The SMILES string of the molecule is COc1ccc(N2CCN(C(=O)C(C)C)C(C)C2=O)c(OC)c1. The Balaban J connectivity index is 2.27. The molecule has 2 amide bonds. The first kappa shape index (κ1) is 17.1. The van der Waals surface area contributed by atoms with Crippen molar-refractivity contribution in [2.75, 3.05) is 32.2 Å². The molecule has 1 aliphatic rings. The van der Waals surface area contributed by atoms with Gasteiger partial charge in [-0.25, -0.2) is 0 Å². The highest BCUT2D eigenvalue weighted by Crippen LogP contribution is 2.34. The van der Waals surface area contributed by atoms with Crippen molar-refractivity contribution >= 4 is 17.5 Å². The van der Waals surface area contributed by atoms with Gasteiger partial charge >= 0.3 is 0 Å². The van der Waals surface area contributed by atoms with Crippen LogP contribution in [0.4, 0.5) is 5.69 Å². The Kier molecular flexibility index (Phi) is 5.13. The summed E-state index contributed by atoms with van der Waals surface area (Å²) in [6.07, 6.45) is 0. The summed E-state index contributed by atoms with van der Waals surface area (Å²) in [5.74, 6) is 1.03. The minimum atomic E-state index is -0.481. The average Bonchev–Trinajstić information content (AvgIpc) is 2.56. The summed E-state index contributed by atoms with van der Waals surface area (Å²) in [6.45, 7) is 6.42. The van der Waals surface area contributed by atoms with Gasteiger partial charge < -0.3 is 19.3 Å². The second kappa shape index (κ2) is 6.89. The van der Waals surface area contributed by atoms with Crippen LogP contribution in [0.1, 0.15) is 20.8 Å². The fraction of sp³-hybridized carbons (Fsp3) is 0.529. The Morgan fingerprint density at radius 2 is 1.91 bits per heavy atom. The zero-order valence-electron chi connectivity index (χ0n) is 14.3. The van der Waals surface area contributed by atoms with E-state index in [9.17, 15) is 9.59 Å². The van der Waals surface area contributed by atoms with E-state index >= 15 is 0 Å². The maximum atomic E-state index is 12.7. The molecule has 1 aromatic rings. The van der Waals surface area contributed by atoms with E-state index in [1.807, 2.05) is 19.9 Å². The molecule has 6 heteroatoms. The minimum absolute atomic E-state index is 0.00666. The van der Waals surface area contributed by atoms with E-state index < -0.39 is 6.04 Å². The monoisotopic (exact) mass is 320 g/mol. The van der Waals surface area contributed by atoms with Gasteiger partial charge in [0.1, 0.15) is 17.5 Å². The van der Waals surface area contributed by atoms with Crippen LogP contribution in [0.5, 0.6) is 11.5 Å². The van der Waals surface area contributed by atoms with Crippen molar-refractivity contribution in [2.45, 2.75) is 26.8 Å². The number of carbonyl (C=O) groups excluding carboxylic acids is 2. The molecule has 1 fully saturated rings. The number of amides is 2. The molecule has 0 bridgehead atoms. The van der Waals surface area contributed by atoms with Gasteiger partial charge in [0.05, 0.1) is 19.9 Å². The van der Waals surface area contributed by atoms with Crippen LogP contribution in [0.2, 0.25) is 0 Å². The fourth-order valence-corrected chi connectivity index (χ4v) is 2.75. The number of anilines is 1. The largest absolute Gasteiger partial charge is 0.497 e. The molecule has 1 atom stereocenters. The smallest absolute Gasteiger partial charge is 0.249 e. The Hall–Kier alpha value is -2.24. The van der Waals surface area contributed by atoms with E-state index in [0.717, 1.165) is 0 Å². The number of carbonyl (C=O) groups is 2. The first-order valence-electron chi connectivity index (χ1n) is 7.74. The normalized spacial score (nSPS) is 18.3. The van der Waals surface area contributed by atoms with Gasteiger partial charge in [-0.1, -0.05) is 13.8 Å². The highest BCUT2D eigenvalue weighted by Gasteiger charge is 2.36. The molecular formula is C17H24N2O4. The third-order valence-electron chi connectivity index (χ3n) is 4.11. The number of benzene rings is 1. The minimum Gasteiger partial charge on any atom is -0.497 e. The van der Waals surface area contributed by atoms with Crippen LogP contribution in [-0.2, 0) is 9.59 Å². The van der Waals surface area contributed by atoms with Crippen molar-refractivity contribution in [1.82, 2.24) is 4.90 Å². The molecule has 0 saturated carbocycles. The average molecular weight is 320 g/mol. The predicted molar refractivity (Wildman–Crippen MR) is 87.9 cm³/mol. The van der Waals surface area contributed by atoms with E-state index in [1.165, 1.54) is 0 Å². The summed E-state index contributed by atoms with van der Waals surface area (Å²) in [4.78, 5) is 28.3. The van der Waals surface area contributed by atoms with Crippen LogP contribution < -0.4 is 14.4 Å². The van der Waals surface area contributed by atoms with E-state index in [1.54, 1.807) is 43.1 Å². The summed E-state index contributed by atoms with van der Waals surface area (Å²) in [5.41, 5.74) is 0.696. The van der Waals surface area contributed by atoms with Crippen LogP contribution in [0, 0.1) is 5.92 Å². The van der Waals surface area contributed by atoms with Gasteiger partial charge in [0, 0.05) is 25.1 Å². The molecule has 23 heavy (non-hydrogen) atoms. The van der Waals surface area contributed by atoms with Crippen molar-refractivity contribution in [2.24, 2.45) is 5.92 Å². The lowest BCUT2D eigenvalue weighted by molar-refractivity contribution is -0.143. The number of rotatable bonds is 4. The highest BCUT2D eigenvalue weighted by atomic mass is 16.5. The fourth-order valence-electron chi connectivity index (χ4n) is 2.75. The topological polar surface area (TPSA) is 59.1 Å². The molecule has 6 nitrogen and oxygen atoms in total. The van der Waals surface area contributed by atoms with Crippen LogP contribution in [-0.4, -0.2) is 50.1 Å². The third-order valence-corrected chi connectivity index (χ3v) is 4.11. The number of nitrogens with zero attached hydrogens (tertiary/aromatic N) is 2. The number of piperazine rings is 1. The maximum Gasteiger partial charge on any atom is 0.249 e. The van der Waals surface area contributed by atoms with E-state index in [0.29, 0.717) is 30.3 Å². The summed E-state index contributed by atoms with van der Waals surface area (Å²) in [7, 11) is 3.14. The van der Waals surface area contributed by atoms with Crippen LogP contribution in [0.25, 0.3) is 0 Å². The number of hydrogen-bond donors (Lipinski definition) is 0. The molecule has 0 aliphatic carbocycles. The zero-order chi connectivity index (χ0) is 17.1. The summed E-state index contributed by atoms with van der Waals surface area (Å²) >= 11 is 0. The van der Waals surface area contributed by atoms with Crippen LogP contribution in [0.3, 0.4) is 0 Å². The number of ether oxygens (including phenoxy) is 2. The number of hydrogen-bond acceptors (Lipinski definition) is 4. The van der Waals surface area contributed by atoms with Crippen molar-refractivity contribution in [1.29, 1.82) is 0 Å². The zero-order valence-corrected chi connectivity index (χ0v) is 14.3. The second-order valence-corrected chi connectivity index (χ2v) is 5.89. The molecule has 0 aromatic heterocycles. The van der Waals surface area contributed by atoms with Gasteiger partial charge in [-0.2, -0.15) is 0 Å². The summed E-state index contributed by atoms with van der Waals surface area (Å²) in [6, 6.07) is 4.87. The molecule has 126 valence electrons. The predicted octanol–water partition coefficient (Wildman–Crippen LogP) is 1.92. The molecule has 1 aliphatic heterocycles. The molecule has 0 N–H and O–H groups in total. The van der Waals surface area contributed by atoms with E-state index in [-0.39, 0.29) is 17.7 Å². The molecule has 1 heterocycles. The summed E-state index contributed by atoms with van der Waals surface area (Å²) in [5, 5.41) is 0. The molecule has 0 radical (unpaired) electrons. The van der Waals surface area contributed by atoms with Crippen molar-refractivity contribution in [3.05, 3.63) is 18.2 Å². The summed E-state index contributed by atoms with van der Waals surface area (Å²) < 4.78 is 10.6. The van der Waals surface area contributed by atoms with Gasteiger partial charge in [0.25, 0.3) is 0 Å². The van der Waals surface area contributed by atoms with Crippen molar-refractivity contribution in [3.63, 3.8) is 0 Å². The molecular weight excluding hydrogens is 296 g/mol. The lowest BCUT2D eigenvalue weighted by atomic mass is 10.1. The third kappa shape index (κ3) is 3.25. The van der Waals surface area contributed by atoms with Crippen molar-refractivity contribution < 1.29 is 19.1 Å². The van der Waals surface area contributed by atoms with E-state index in [2.05, 4.69) is 0 Å². The lowest BCUT2D eigenvalue weighted by Gasteiger charge is -2.40. The second-order valence-electron chi connectivity index (χ2n) is 5.89. The molecule has 2 rings (SSSR count). The van der Waals surface area contributed by atoms with Gasteiger partial charge in [-0.15, -0.1) is 0 Å². The Morgan fingerprint density at radius 3 is 2.48 bits per heavy atom. The van der Waals surface area contributed by atoms with E-state index in [4.69, 9.17) is 9.47 Å². The van der Waals surface area contributed by atoms with Crippen LogP contribution >= 0.6 is 0 Å². The molecule has 0 spiro atoms. The Bertz CT molecular complexity index is 600. The van der Waals surface area contributed by atoms with Gasteiger partial charge in [-0.05, 0) is 19.1 Å². The molecule has 1 aromatic carbocycles. The molecule has 1 saturated heterocycles. The quantitative estimate of drug-likeness (QED) is 0.850. The Morgan fingerprint density at radius 1 is 1.22 bits per heavy atom. The van der Waals surface area contributed by atoms with Crippen LogP contribution in [0.15, 0.2) is 18.2 Å². The van der Waals surface area contributed by atoms with Gasteiger partial charge in [0.15, 0.2) is 0 Å². The standard InChI is InChI=1S/C17H24N2O4/c1-11(2)16(20)18-8-9-19(17(21)12(18)3)14-7-6-13(22-4)10-15(14)23-5/h6-7,10-12H,8-9H2,1-5H3. The lowest BCUT2D eigenvalue weighted by Crippen LogP contribution is -2.58. The van der Waals surface area contributed by atoms with Crippen molar-refractivity contribution in [3.8, 4) is 11.5 Å². The Labute approximate surface area is 137 Å². The van der Waals surface area contributed by atoms with Gasteiger partial charge in [-0.3, -0.25) is 9.59 Å². The first-order chi connectivity index (χ1) is 10.9.